The van der Waals surface area contributed by atoms with Crippen molar-refractivity contribution in [2.45, 2.75) is 6.92 Å². The highest BCUT2D eigenvalue weighted by Gasteiger charge is 2.12. The molecule has 0 saturated heterocycles. The topological polar surface area (TPSA) is 43.1 Å². The molecule has 0 bridgehead atoms. The third-order valence-electron chi connectivity index (χ3n) is 1.87. The highest BCUT2D eigenvalue weighted by Crippen LogP contribution is 2.08. The first-order valence-corrected chi connectivity index (χ1v) is 4.29. The number of nitrogens with zero attached hydrogens (tertiary/aromatic N) is 1. The van der Waals surface area contributed by atoms with Crippen molar-refractivity contribution in [3.8, 4) is 0 Å². The number of rotatable bonds is 2. The molecular weight excluding hydrogens is 178 g/mol. The predicted molar refractivity (Wildman–Crippen MR) is 51.1 cm³/mol. The average Bonchev–Trinajstić information content (AvgIpc) is 2.69. The lowest BCUT2D eigenvalue weighted by atomic mass is 10.2. The molecule has 2 aromatic heterocycles. The summed E-state index contributed by atoms with van der Waals surface area (Å²) in [4.78, 5) is 15.8. The summed E-state index contributed by atoms with van der Waals surface area (Å²) in [5, 5.41) is 0. The van der Waals surface area contributed by atoms with Gasteiger partial charge in [0.25, 0.3) is 0 Å². The summed E-state index contributed by atoms with van der Waals surface area (Å²) in [6, 6.07) is 8.64. The third kappa shape index (κ3) is 1.57. The second kappa shape index (κ2) is 3.46. The molecule has 0 aliphatic heterocycles. The van der Waals surface area contributed by atoms with Gasteiger partial charge in [-0.3, -0.25) is 4.79 Å². The number of carbonyl (C=O) groups is 1. The Morgan fingerprint density at radius 1 is 1.29 bits per heavy atom. The third-order valence-corrected chi connectivity index (χ3v) is 1.87. The zero-order valence-electron chi connectivity index (χ0n) is 7.73. The van der Waals surface area contributed by atoms with Crippen molar-refractivity contribution >= 4 is 5.78 Å². The summed E-state index contributed by atoms with van der Waals surface area (Å²) < 4.78 is 5.00. The quantitative estimate of drug-likeness (QED) is 0.677. The second-order valence-electron chi connectivity index (χ2n) is 2.97. The van der Waals surface area contributed by atoms with Crippen LogP contribution < -0.4 is 0 Å². The first-order chi connectivity index (χ1) is 6.77. The Hall–Kier alpha value is -1.90. The van der Waals surface area contributed by atoms with Gasteiger partial charge in [-0.1, -0.05) is 6.07 Å². The smallest absolute Gasteiger partial charge is 0.246 e. The molecule has 70 valence electrons. The zero-order chi connectivity index (χ0) is 9.97. The lowest BCUT2D eigenvalue weighted by molar-refractivity contribution is 0.100. The van der Waals surface area contributed by atoms with E-state index in [1.807, 2.05) is 13.0 Å². The molecule has 3 heteroatoms. The van der Waals surface area contributed by atoms with Crippen molar-refractivity contribution in [2.75, 3.05) is 0 Å². The molecule has 2 rings (SSSR count). The van der Waals surface area contributed by atoms with E-state index in [0.29, 0.717) is 11.5 Å². The van der Waals surface area contributed by atoms with Gasteiger partial charge in [0.15, 0.2) is 5.76 Å². The Kier molecular flexibility index (Phi) is 2.14. The van der Waals surface area contributed by atoms with Gasteiger partial charge in [-0.15, -0.1) is 0 Å². The van der Waals surface area contributed by atoms with E-state index in [0.717, 1.165) is 5.69 Å². The molecule has 0 radical (unpaired) electrons. The fourth-order valence-electron chi connectivity index (χ4n) is 1.20. The van der Waals surface area contributed by atoms with Crippen LogP contribution in [-0.2, 0) is 0 Å². The average molecular weight is 187 g/mol. The Bertz CT molecular complexity index is 446. The van der Waals surface area contributed by atoms with E-state index >= 15 is 0 Å². The molecule has 0 spiro atoms. The van der Waals surface area contributed by atoms with Crippen LogP contribution in [0.5, 0.6) is 0 Å². The molecule has 2 heterocycles. The van der Waals surface area contributed by atoms with E-state index in [-0.39, 0.29) is 5.78 Å². The molecular formula is C11H9NO2. The number of aryl methyl sites for hydroxylation is 1. The van der Waals surface area contributed by atoms with Gasteiger partial charge in [-0.05, 0) is 31.2 Å². The second-order valence-corrected chi connectivity index (χ2v) is 2.97. The van der Waals surface area contributed by atoms with Gasteiger partial charge in [0.05, 0.1) is 6.26 Å². The van der Waals surface area contributed by atoms with Crippen molar-refractivity contribution in [2.24, 2.45) is 0 Å². The van der Waals surface area contributed by atoms with E-state index in [9.17, 15) is 4.79 Å². The molecule has 0 aliphatic rings. The molecule has 0 aliphatic carbocycles. The molecule has 0 amide bonds. The van der Waals surface area contributed by atoms with Crippen LogP contribution in [0.3, 0.4) is 0 Å². The van der Waals surface area contributed by atoms with Crippen LogP contribution in [0.2, 0.25) is 0 Å². The Labute approximate surface area is 81.4 Å². The van der Waals surface area contributed by atoms with E-state index in [1.165, 1.54) is 6.26 Å². The summed E-state index contributed by atoms with van der Waals surface area (Å²) in [5.74, 6) is 0.141. The molecule has 0 saturated carbocycles. The maximum atomic E-state index is 11.7. The van der Waals surface area contributed by atoms with Crippen LogP contribution in [-0.4, -0.2) is 10.8 Å². The van der Waals surface area contributed by atoms with Crippen molar-refractivity contribution in [1.82, 2.24) is 4.98 Å². The Morgan fingerprint density at radius 3 is 2.79 bits per heavy atom. The normalized spacial score (nSPS) is 10.1. The standard InChI is InChI=1S/C11H9NO2/c1-8-4-2-5-9(12-8)11(13)10-6-3-7-14-10/h2-7H,1H3. The Balaban J connectivity index is 2.37. The van der Waals surface area contributed by atoms with Crippen molar-refractivity contribution in [3.05, 3.63) is 53.7 Å². The number of ketones is 1. The van der Waals surface area contributed by atoms with E-state index in [1.54, 1.807) is 24.3 Å². The highest BCUT2D eigenvalue weighted by molar-refractivity contribution is 6.05. The maximum absolute atomic E-state index is 11.7. The molecule has 0 unspecified atom stereocenters. The number of carbonyl (C=O) groups excluding carboxylic acids is 1. The maximum Gasteiger partial charge on any atom is 0.246 e. The Morgan fingerprint density at radius 2 is 2.14 bits per heavy atom. The SMILES string of the molecule is Cc1cccc(C(=O)c2ccco2)n1. The number of furan rings is 1. The largest absolute Gasteiger partial charge is 0.461 e. The van der Waals surface area contributed by atoms with Gasteiger partial charge in [0.2, 0.25) is 5.78 Å². The van der Waals surface area contributed by atoms with Gasteiger partial charge in [0.1, 0.15) is 5.69 Å². The van der Waals surface area contributed by atoms with Crippen LogP contribution in [0, 0.1) is 6.92 Å². The highest BCUT2D eigenvalue weighted by atomic mass is 16.3. The van der Waals surface area contributed by atoms with E-state index in [4.69, 9.17) is 4.42 Å². The summed E-state index contributed by atoms with van der Waals surface area (Å²) in [5.41, 5.74) is 1.24. The lowest BCUT2D eigenvalue weighted by Crippen LogP contribution is -2.03. The first-order valence-electron chi connectivity index (χ1n) is 4.29. The number of hydrogen-bond donors (Lipinski definition) is 0. The minimum Gasteiger partial charge on any atom is -0.461 e. The van der Waals surface area contributed by atoms with Gasteiger partial charge < -0.3 is 4.42 Å². The molecule has 2 aromatic rings. The molecule has 0 N–H and O–H groups in total. The zero-order valence-corrected chi connectivity index (χ0v) is 7.73. The van der Waals surface area contributed by atoms with Crippen LogP contribution in [0.15, 0.2) is 41.0 Å². The molecule has 14 heavy (non-hydrogen) atoms. The number of pyridine rings is 1. The van der Waals surface area contributed by atoms with Crippen LogP contribution in [0.25, 0.3) is 0 Å². The number of hydrogen-bond acceptors (Lipinski definition) is 3. The summed E-state index contributed by atoms with van der Waals surface area (Å²) >= 11 is 0. The number of aromatic nitrogens is 1. The van der Waals surface area contributed by atoms with Gasteiger partial charge in [-0.2, -0.15) is 0 Å². The lowest BCUT2D eigenvalue weighted by Gasteiger charge is -1.97. The first kappa shape index (κ1) is 8.69. The molecule has 0 fully saturated rings. The van der Waals surface area contributed by atoms with Crippen molar-refractivity contribution < 1.29 is 9.21 Å². The van der Waals surface area contributed by atoms with Crippen LogP contribution in [0.1, 0.15) is 21.9 Å². The summed E-state index contributed by atoms with van der Waals surface area (Å²) in [6.45, 7) is 1.85. The minimum absolute atomic E-state index is 0.182. The molecule has 0 atom stereocenters. The van der Waals surface area contributed by atoms with Crippen molar-refractivity contribution in [3.63, 3.8) is 0 Å². The summed E-state index contributed by atoms with van der Waals surface area (Å²) in [7, 11) is 0. The van der Waals surface area contributed by atoms with E-state index < -0.39 is 0 Å². The predicted octanol–water partition coefficient (Wildman–Crippen LogP) is 2.21. The molecule has 0 aromatic carbocycles. The fraction of sp³-hybridized carbons (Fsp3) is 0.0909. The fourth-order valence-corrected chi connectivity index (χ4v) is 1.20. The van der Waals surface area contributed by atoms with Crippen LogP contribution >= 0.6 is 0 Å². The van der Waals surface area contributed by atoms with Crippen LogP contribution in [0.4, 0.5) is 0 Å². The van der Waals surface area contributed by atoms with Gasteiger partial charge in [0, 0.05) is 5.69 Å². The van der Waals surface area contributed by atoms with E-state index in [2.05, 4.69) is 4.98 Å². The van der Waals surface area contributed by atoms with Gasteiger partial charge >= 0.3 is 0 Å². The van der Waals surface area contributed by atoms with Gasteiger partial charge in [-0.25, -0.2) is 4.98 Å². The molecule has 3 nitrogen and oxygen atoms in total. The monoisotopic (exact) mass is 187 g/mol. The minimum atomic E-state index is -0.182. The van der Waals surface area contributed by atoms with Crippen molar-refractivity contribution in [1.29, 1.82) is 0 Å². The summed E-state index contributed by atoms with van der Waals surface area (Å²) in [6.07, 6.45) is 1.48.